The van der Waals surface area contributed by atoms with E-state index in [-0.39, 0.29) is 17.4 Å². The zero-order chi connectivity index (χ0) is 22.2. The summed E-state index contributed by atoms with van der Waals surface area (Å²) in [4.78, 5) is 40.6. The number of nitrogens with one attached hydrogen (secondary N) is 2. The Morgan fingerprint density at radius 3 is 2.52 bits per heavy atom. The zero-order valence-electron chi connectivity index (χ0n) is 17.3. The van der Waals surface area contributed by atoms with E-state index in [0.717, 1.165) is 5.56 Å². The van der Waals surface area contributed by atoms with Gasteiger partial charge < -0.3 is 19.8 Å². The molecule has 3 aromatic rings. The Balaban J connectivity index is 1.68. The maximum atomic E-state index is 12.6. The van der Waals surface area contributed by atoms with E-state index < -0.39 is 24.5 Å². The van der Waals surface area contributed by atoms with Crippen molar-refractivity contribution in [2.24, 2.45) is 0 Å². The second-order valence-corrected chi connectivity index (χ2v) is 6.70. The molecule has 0 aliphatic rings. The number of aromatic nitrogens is 1. The van der Waals surface area contributed by atoms with Gasteiger partial charge in [0.1, 0.15) is 6.04 Å². The van der Waals surface area contributed by atoms with Crippen molar-refractivity contribution in [2.45, 2.75) is 19.9 Å². The largest absolute Gasteiger partial charge is 0.452 e. The minimum Gasteiger partial charge on any atom is -0.452 e. The number of nitrogens with zero attached hydrogens (tertiary/aromatic N) is 1. The molecule has 2 aromatic carbocycles. The van der Waals surface area contributed by atoms with Crippen LogP contribution in [0.1, 0.15) is 24.2 Å². The molecule has 31 heavy (non-hydrogen) atoms. The van der Waals surface area contributed by atoms with E-state index in [1.54, 1.807) is 44.3 Å². The fourth-order valence-corrected chi connectivity index (χ4v) is 2.87. The number of oxazole rings is 1. The standard InChI is InChI=1S/C23H23N3O5/c1-3-24-21(28)15(2)26-20(27)14-30-23(29)18-12-8-7-11-17(18)22-25-13-19(31-22)16-9-5-4-6-10-16/h4-13,15H,3,14H2,1-2H3,(H,24,28)(H,26,27)/t15-/m1/s1. The van der Waals surface area contributed by atoms with E-state index in [1.807, 2.05) is 30.3 Å². The minimum absolute atomic E-state index is 0.216. The molecule has 2 amide bonds. The summed E-state index contributed by atoms with van der Waals surface area (Å²) in [6.07, 6.45) is 1.59. The number of esters is 1. The average Bonchev–Trinajstić information content (AvgIpc) is 3.28. The maximum Gasteiger partial charge on any atom is 0.339 e. The van der Waals surface area contributed by atoms with Gasteiger partial charge in [0, 0.05) is 12.1 Å². The Bertz CT molecular complexity index is 1060. The molecule has 0 unspecified atom stereocenters. The number of ether oxygens (including phenoxy) is 1. The Morgan fingerprint density at radius 2 is 1.77 bits per heavy atom. The summed E-state index contributed by atoms with van der Waals surface area (Å²) in [5, 5.41) is 5.08. The lowest BCUT2D eigenvalue weighted by Crippen LogP contribution is -2.46. The predicted octanol–water partition coefficient (Wildman–Crippen LogP) is 2.81. The van der Waals surface area contributed by atoms with E-state index in [1.165, 1.54) is 0 Å². The summed E-state index contributed by atoms with van der Waals surface area (Å²) >= 11 is 0. The van der Waals surface area contributed by atoms with Gasteiger partial charge in [-0.2, -0.15) is 0 Å². The van der Waals surface area contributed by atoms with Crippen molar-refractivity contribution >= 4 is 17.8 Å². The third-order valence-corrected chi connectivity index (χ3v) is 4.40. The van der Waals surface area contributed by atoms with Crippen LogP contribution in [0.15, 0.2) is 65.2 Å². The molecule has 1 heterocycles. The van der Waals surface area contributed by atoms with Gasteiger partial charge in [0.2, 0.25) is 11.8 Å². The fraction of sp³-hybridized carbons (Fsp3) is 0.217. The van der Waals surface area contributed by atoms with Crippen molar-refractivity contribution < 1.29 is 23.5 Å². The molecule has 0 saturated heterocycles. The molecule has 0 spiro atoms. The second-order valence-electron chi connectivity index (χ2n) is 6.70. The molecule has 1 atom stereocenters. The molecule has 2 N–H and O–H groups in total. The average molecular weight is 421 g/mol. The highest BCUT2D eigenvalue weighted by Crippen LogP contribution is 2.28. The van der Waals surface area contributed by atoms with Gasteiger partial charge in [-0.25, -0.2) is 9.78 Å². The number of hydrogen-bond donors (Lipinski definition) is 2. The third-order valence-electron chi connectivity index (χ3n) is 4.40. The highest BCUT2D eigenvalue weighted by atomic mass is 16.5. The first-order chi connectivity index (χ1) is 15.0. The quantitative estimate of drug-likeness (QED) is 0.541. The topological polar surface area (TPSA) is 111 Å². The first-order valence-electron chi connectivity index (χ1n) is 9.84. The second kappa shape index (κ2) is 10.2. The number of likely N-dealkylation sites (N-methyl/N-ethyl adjacent to an activating group) is 1. The lowest BCUT2D eigenvalue weighted by Gasteiger charge is -2.13. The van der Waals surface area contributed by atoms with Crippen LogP contribution in [0.4, 0.5) is 0 Å². The van der Waals surface area contributed by atoms with Gasteiger partial charge in [-0.3, -0.25) is 9.59 Å². The van der Waals surface area contributed by atoms with Crippen molar-refractivity contribution in [3.8, 4) is 22.8 Å². The van der Waals surface area contributed by atoms with Crippen LogP contribution in [0.5, 0.6) is 0 Å². The lowest BCUT2D eigenvalue weighted by atomic mass is 10.1. The number of carbonyl (C=O) groups is 3. The summed E-state index contributed by atoms with van der Waals surface area (Å²) in [5.41, 5.74) is 1.53. The van der Waals surface area contributed by atoms with Crippen molar-refractivity contribution in [3.05, 3.63) is 66.4 Å². The summed E-state index contributed by atoms with van der Waals surface area (Å²) in [6.45, 7) is 3.27. The summed E-state index contributed by atoms with van der Waals surface area (Å²) in [6, 6.07) is 15.4. The van der Waals surface area contributed by atoms with Gasteiger partial charge in [-0.05, 0) is 26.0 Å². The van der Waals surface area contributed by atoms with E-state index in [0.29, 0.717) is 17.9 Å². The smallest absolute Gasteiger partial charge is 0.339 e. The van der Waals surface area contributed by atoms with Gasteiger partial charge in [0.05, 0.1) is 17.3 Å². The number of rotatable bonds is 8. The molecule has 0 saturated carbocycles. The van der Waals surface area contributed by atoms with Crippen LogP contribution >= 0.6 is 0 Å². The number of benzene rings is 2. The van der Waals surface area contributed by atoms with Crippen LogP contribution in [0.25, 0.3) is 22.8 Å². The van der Waals surface area contributed by atoms with E-state index in [2.05, 4.69) is 15.6 Å². The Morgan fingerprint density at radius 1 is 1.06 bits per heavy atom. The number of amides is 2. The molecule has 1 aromatic heterocycles. The highest BCUT2D eigenvalue weighted by Gasteiger charge is 2.20. The van der Waals surface area contributed by atoms with Crippen molar-refractivity contribution in [1.29, 1.82) is 0 Å². The Kier molecular flexibility index (Phi) is 7.16. The first-order valence-corrected chi connectivity index (χ1v) is 9.84. The summed E-state index contributed by atoms with van der Waals surface area (Å²) in [7, 11) is 0. The molecule has 160 valence electrons. The van der Waals surface area contributed by atoms with Crippen LogP contribution in [0.2, 0.25) is 0 Å². The Labute approximate surface area is 179 Å². The number of hydrogen-bond acceptors (Lipinski definition) is 6. The Hall–Kier alpha value is -3.94. The molecule has 0 radical (unpaired) electrons. The minimum atomic E-state index is -0.734. The lowest BCUT2D eigenvalue weighted by molar-refractivity contribution is -0.130. The molecular formula is C23H23N3O5. The normalized spacial score (nSPS) is 11.4. The predicted molar refractivity (Wildman–Crippen MR) is 114 cm³/mol. The van der Waals surface area contributed by atoms with E-state index in [9.17, 15) is 14.4 Å². The molecule has 0 aliphatic carbocycles. The van der Waals surface area contributed by atoms with Gasteiger partial charge in [-0.1, -0.05) is 42.5 Å². The van der Waals surface area contributed by atoms with Gasteiger partial charge in [-0.15, -0.1) is 0 Å². The molecule has 0 fully saturated rings. The van der Waals surface area contributed by atoms with Crippen LogP contribution in [0.3, 0.4) is 0 Å². The van der Waals surface area contributed by atoms with E-state index >= 15 is 0 Å². The van der Waals surface area contributed by atoms with Crippen molar-refractivity contribution in [1.82, 2.24) is 15.6 Å². The maximum absolute atomic E-state index is 12.6. The van der Waals surface area contributed by atoms with Crippen molar-refractivity contribution in [2.75, 3.05) is 13.2 Å². The molecular weight excluding hydrogens is 398 g/mol. The SMILES string of the molecule is CCNC(=O)[C@@H](C)NC(=O)COC(=O)c1ccccc1-c1ncc(-c2ccccc2)o1. The summed E-state index contributed by atoms with van der Waals surface area (Å²) in [5.74, 6) is -0.758. The summed E-state index contributed by atoms with van der Waals surface area (Å²) < 4.78 is 11.0. The van der Waals surface area contributed by atoms with Crippen molar-refractivity contribution in [3.63, 3.8) is 0 Å². The molecule has 0 aliphatic heterocycles. The first kappa shape index (κ1) is 21.8. The van der Waals surface area contributed by atoms with Gasteiger partial charge >= 0.3 is 5.97 Å². The monoisotopic (exact) mass is 421 g/mol. The van der Waals surface area contributed by atoms with Gasteiger partial charge in [0.15, 0.2) is 12.4 Å². The van der Waals surface area contributed by atoms with Crippen LogP contribution in [-0.4, -0.2) is 42.0 Å². The molecule has 8 heteroatoms. The van der Waals surface area contributed by atoms with E-state index in [4.69, 9.17) is 9.15 Å². The van der Waals surface area contributed by atoms with Crippen LogP contribution in [0, 0.1) is 0 Å². The zero-order valence-corrected chi connectivity index (χ0v) is 17.3. The van der Waals surface area contributed by atoms with Crippen LogP contribution in [-0.2, 0) is 14.3 Å². The molecule has 3 rings (SSSR count). The van der Waals surface area contributed by atoms with Crippen LogP contribution < -0.4 is 10.6 Å². The molecule has 0 bridgehead atoms. The molecule has 8 nitrogen and oxygen atoms in total. The highest BCUT2D eigenvalue weighted by molar-refractivity contribution is 5.97. The third kappa shape index (κ3) is 5.57. The van der Waals surface area contributed by atoms with Gasteiger partial charge in [0.25, 0.3) is 5.91 Å². The fourth-order valence-electron chi connectivity index (χ4n) is 2.87. The number of carbonyl (C=O) groups excluding carboxylic acids is 3.